The van der Waals surface area contributed by atoms with E-state index in [0.717, 1.165) is 11.4 Å². The molecule has 0 unspecified atom stereocenters. The fourth-order valence-electron chi connectivity index (χ4n) is 4.12. The SMILES string of the molecule is CCn1nc(C)cc1C(=O)Nc1nc2cc(C(N)=O)cc(OC)c2n1CCCC(=O)Nc1ccccc1. The van der Waals surface area contributed by atoms with E-state index in [-0.39, 0.29) is 29.7 Å². The fraction of sp³-hybridized carbons (Fsp3) is 0.269. The van der Waals surface area contributed by atoms with Crippen molar-refractivity contribution < 1.29 is 19.1 Å². The monoisotopic (exact) mass is 503 g/mol. The van der Waals surface area contributed by atoms with E-state index in [9.17, 15) is 14.4 Å². The Hall–Kier alpha value is -4.67. The molecule has 0 aliphatic rings. The van der Waals surface area contributed by atoms with Crippen LogP contribution in [0.2, 0.25) is 0 Å². The second-order valence-electron chi connectivity index (χ2n) is 8.46. The summed E-state index contributed by atoms with van der Waals surface area (Å²) >= 11 is 0. The molecule has 0 aliphatic carbocycles. The third-order valence-corrected chi connectivity index (χ3v) is 5.81. The molecule has 2 aromatic heterocycles. The number of methoxy groups -OCH3 is 1. The van der Waals surface area contributed by atoms with Crippen LogP contribution in [0.5, 0.6) is 5.75 Å². The molecule has 0 atom stereocenters. The Morgan fingerprint density at radius 3 is 2.51 bits per heavy atom. The molecule has 0 fully saturated rings. The number of carbonyl (C=O) groups is 3. The molecular formula is C26H29N7O4. The van der Waals surface area contributed by atoms with E-state index in [0.29, 0.717) is 42.0 Å². The molecule has 4 N–H and O–H groups in total. The highest BCUT2D eigenvalue weighted by Crippen LogP contribution is 2.31. The van der Waals surface area contributed by atoms with Crippen molar-refractivity contribution in [3.05, 3.63) is 65.5 Å². The highest BCUT2D eigenvalue weighted by Gasteiger charge is 2.21. The third-order valence-electron chi connectivity index (χ3n) is 5.81. The van der Waals surface area contributed by atoms with E-state index < -0.39 is 5.91 Å². The summed E-state index contributed by atoms with van der Waals surface area (Å²) in [6.07, 6.45) is 0.700. The number of anilines is 2. The molecule has 4 aromatic rings. The van der Waals surface area contributed by atoms with Gasteiger partial charge in [0.05, 0.1) is 18.3 Å². The molecular weight excluding hydrogens is 474 g/mol. The number of fused-ring (bicyclic) bond motifs is 1. The smallest absolute Gasteiger partial charge is 0.276 e. The molecule has 0 bridgehead atoms. The van der Waals surface area contributed by atoms with Crippen molar-refractivity contribution in [2.75, 3.05) is 17.7 Å². The molecule has 2 heterocycles. The number of imidazole rings is 1. The Labute approximate surface area is 213 Å². The zero-order valence-corrected chi connectivity index (χ0v) is 20.9. The van der Waals surface area contributed by atoms with E-state index in [2.05, 4.69) is 20.7 Å². The van der Waals surface area contributed by atoms with Gasteiger partial charge in [-0.15, -0.1) is 0 Å². The number of ether oxygens (including phenoxy) is 1. The number of carbonyl (C=O) groups excluding carboxylic acids is 3. The fourth-order valence-corrected chi connectivity index (χ4v) is 4.12. The van der Waals surface area contributed by atoms with Crippen molar-refractivity contribution in [3.63, 3.8) is 0 Å². The Balaban J connectivity index is 1.64. The molecule has 0 radical (unpaired) electrons. The highest BCUT2D eigenvalue weighted by molar-refractivity contribution is 6.04. The number of amides is 3. The summed E-state index contributed by atoms with van der Waals surface area (Å²) in [4.78, 5) is 42.0. The first-order valence-electron chi connectivity index (χ1n) is 11.9. The van der Waals surface area contributed by atoms with Gasteiger partial charge in [0.2, 0.25) is 17.8 Å². The van der Waals surface area contributed by atoms with Crippen LogP contribution in [-0.2, 0) is 17.9 Å². The number of primary amides is 1. The number of hydrogen-bond donors (Lipinski definition) is 3. The lowest BCUT2D eigenvalue weighted by Gasteiger charge is -2.13. The van der Waals surface area contributed by atoms with Crippen LogP contribution in [0.1, 0.15) is 46.3 Å². The quantitative estimate of drug-likeness (QED) is 0.302. The largest absolute Gasteiger partial charge is 0.494 e. The van der Waals surface area contributed by atoms with Gasteiger partial charge in [0, 0.05) is 30.8 Å². The number of para-hydroxylation sites is 1. The van der Waals surface area contributed by atoms with Gasteiger partial charge in [-0.25, -0.2) is 4.98 Å². The zero-order chi connectivity index (χ0) is 26.5. The number of aryl methyl sites for hydroxylation is 3. The second kappa shape index (κ2) is 10.9. The average molecular weight is 504 g/mol. The van der Waals surface area contributed by atoms with Crippen LogP contribution in [0, 0.1) is 6.92 Å². The molecule has 3 amide bonds. The van der Waals surface area contributed by atoms with Crippen LogP contribution in [0.4, 0.5) is 11.6 Å². The molecule has 0 saturated carbocycles. The third kappa shape index (κ3) is 5.61. The number of hydrogen-bond acceptors (Lipinski definition) is 6. The van der Waals surface area contributed by atoms with Crippen molar-refractivity contribution in [3.8, 4) is 5.75 Å². The van der Waals surface area contributed by atoms with Crippen LogP contribution >= 0.6 is 0 Å². The first-order valence-corrected chi connectivity index (χ1v) is 11.9. The van der Waals surface area contributed by atoms with Crippen molar-refractivity contribution in [1.82, 2.24) is 19.3 Å². The molecule has 2 aromatic carbocycles. The summed E-state index contributed by atoms with van der Waals surface area (Å²) < 4.78 is 8.91. The molecule has 4 rings (SSSR count). The summed E-state index contributed by atoms with van der Waals surface area (Å²) in [5, 5.41) is 10.1. The summed E-state index contributed by atoms with van der Waals surface area (Å²) in [6.45, 7) is 4.59. The topological polar surface area (TPSA) is 146 Å². The lowest BCUT2D eigenvalue weighted by atomic mass is 10.1. The molecule has 11 heteroatoms. The van der Waals surface area contributed by atoms with Gasteiger partial charge >= 0.3 is 0 Å². The van der Waals surface area contributed by atoms with Crippen molar-refractivity contribution >= 4 is 40.4 Å². The summed E-state index contributed by atoms with van der Waals surface area (Å²) in [5.41, 5.74) is 8.56. The van der Waals surface area contributed by atoms with E-state index >= 15 is 0 Å². The number of nitrogens with one attached hydrogen (secondary N) is 2. The van der Waals surface area contributed by atoms with Crippen LogP contribution in [0.15, 0.2) is 48.5 Å². The van der Waals surface area contributed by atoms with E-state index in [4.69, 9.17) is 10.5 Å². The van der Waals surface area contributed by atoms with Crippen molar-refractivity contribution in [2.24, 2.45) is 5.73 Å². The lowest BCUT2D eigenvalue weighted by molar-refractivity contribution is -0.116. The molecule has 0 spiro atoms. The second-order valence-corrected chi connectivity index (χ2v) is 8.46. The summed E-state index contributed by atoms with van der Waals surface area (Å²) in [7, 11) is 1.48. The van der Waals surface area contributed by atoms with Crippen molar-refractivity contribution in [1.29, 1.82) is 0 Å². The minimum atomic E-state index is -0.625. The van der Waals surface area contributed by atoms with E-state index in [1.807, 2.05) is 44.2 Å². The Kier molecular flexibility index (Phi) is 7.52. The van der Waals surface area contributed by atoms with Crippen LogP contribution < -0.4 is 21.1 Å². The first kappa shape index (κ1) is 25.4. The summed E-state index contributed by atoms with van der Waals surface area (Å²) in [6, 6.07) is 14.0. The van der Waals surface area contributed by atoms with E-state index in [1.165, 1.54) is 13.2 Å². The number of benzene rings is 2. The number of nitrogens with two attached hydrogens (primary N) is 1. The standard InChI is InChI=1S/C26H29N7O4/c1-4-33-20(13-16(2)31-33)25(36)30-26-29-19-14-17(24(27)35)15-21(37-3)23(19)32(26)12-8-11-22(34)28-18-9-6-5-7-10-18/h5-7,9-10,13-15H,4,8,11-12H2,1-3H3,(H2,27,35)(H,28,34)(H,29,30,36). The zero-order valence-electron chi connectivity index (χ0n) is 20.9. The van der Waals surface area contributed by atoms with E-state index in [1.54, 1.807) is 21.4 Å². The van der Waals surface area contributed by atoms with Gasteiger partial charge in [0.1, 0.15) is 17.0 Å². The predicted molar refractivity (Wildman–Crippen MR) is 140 cm³/mol. The van der Waals surface area contributed by atoms with Gasteiger partial charge in [-0.05, 0) is 50.6 Å². The molecule has 37 heavy (non-hydrogen) atoms. The van der Waals surface area contributed by atoms with Gasteiger partial charge in [-0.2, -0.15) is 5.10 Å². The Morgan fingerprint density at radius 2 is 1.84 bits per heavy atom. The van der Waals surface area contributed by atoms with Crippen LogP contribution in [-0.4, -0.2) is 44.2 Å². The maximum atomic E-state index is 13.2. The molecule has 0 aliphatic heterocycles. The lowest BCUT2D eigenvalue weighted by Crippen LogP contribution is -2.20. The summed E-state index contributed by atoms with van der Waals surface area (Å²) in [5.74, 6) is -0.506. The van der Waals surface area contributed by atoms with Crippen LogP contribution in [0.3, 0.4) is 0 Å². The van der Waals surface area contributed by atoms with Crippen molar-refractivity contribution in [2.45, 2.75) is 39.8 Å². The highest BCUT2D eigenvalue weighted by atomic mass is 16.5. The number of nitrogens with zero attached hydrogens (tertiary/aromatic N) is 4. The first-order chi connectivity index (χ1) is 17.8. The molecule has 192 valence electrons. The van der Waals surface area contributed by atoms with Crippen LogP contribution in [0.25, 0.3) is 11.0 Å². The van der Waals surface area contributed by atoms with Gasteiger partial charge in [-0.1, -0.05) is 18.2 Å². The Morgan fingerprint density at radius 1 is 1.08 bits per heavy atom. The maximum Gasteiger partial charge on any atom is 0.276 e. The number of aromatic nitrogens is 4. The van der Waals surface area contributed by atoms with Gasteiger partial charge in [0.15, 0.2) is 0 Å². The minimum Gasteiger partial charge on any atom is -0.494 e. The molecule has 11 nitrogen and oxygen atoms in total. The van der Waals surface area contributed by atoms with Gasteiger partial charge < -0.3 is 20.4 Å². The minimum absolute atomic E-state index is 0.133. The normalized spacial score (nSPS) is 10.9. The number of rotatable bonds is 10. The predicted octanol–water partition coefficient (Wildman–Crippen LogP) is 3.34. The maximum absolute atomic E-state index is 13.2. The average Bonchev–Trinajstić information content (AvgIpc) is 3.43. The van der Waals surface area contributed by atoms with Gasteiger partial charge in [0.25, 0.3) is 5.91 Å². The molecule has 0 saturated heterocycles. The van der Waals surface area contributed by atoms with Gasteiger partial charge in [-0.3, -0.25) is 24.4 Å². The Bertz CT molecular complexity index is 1460.